The maximum Gasteiger partial charge on any atom is 0.128 e. The highest BCUT2D eigenvalue weighted by Crippen LogP contribution is 2.39. The van der Waals surface area contributed by atoms with Gasteiger partial charge in [-0.25, -0.2) is 8.78 Å². The van der Waals surface area contributed by atoms with Crippen molar-refractivity contribution in [2.75, 3.05) is 11.1 Å². The fourth-order valence-electron chi connectivity index (χ4n) is 2.35. The van der Waals surface area contributed by atoms with Crippen molar-refractivity contribution in [2.45, 2.75) is 17.4 Å². The molecule has 1 heterocycles. The van der Waals surface area contributed by atoms with E-state index in [4.69, 9.17) is 11.6 Å². The van der Waals surface area contributed by atoms with Gasteiger partial charge >= 0.3 is 0 Å². The fraction of sp³-hybridized carbons (Fsp3) is 0.200. The molecule has 0 aromatic heterocycles. The summed E-state index contributed by atoms with van der Waals surface area (Å²) >= 11 is 7.81. The van der Waals surface area contributed by atoms with Crippen LogP contribution in [0.1, 0.15) is 18.0 Å². The molecule has 1 atom stereocenters. The molecule has 0 spiro atoms. The standard InChI is InChI=1S/C15H12ClF2NS/c16-9-1-2-15-13(5-9)14(3-4-20-15)19-12-7-10(17)6-11(18)8-12/h1-2,5-8,14,19H,3-4H2. The second-order valence-electron chi connectivity index (χ2n) is 4.67. The predicted molar refractivity (Wildman–Crippen MR) is 79.5 cm³/mol. The van der Waals surface area contributed by atoms with Crippen LogP contribution < -0.4 is 5.32 Å². The lowest BCUT2D eigenvalue weighted by atomic mass is 10.0. The van der Waals surface area contributed by atoms with Crippen LogP contribution in [0, 0.1) is 11.6 Å². The molecule has 0 bridgehead atoms. The Morgan fingerprint density at radius 2 is 1.85 bits per heavy atom. The molecule has 0 fully saturated rings. The van der Waals surface area contributed by atoms with E-state index in [1.54, 1.807) is 11.8 Å². The molecule has 1 N–H and O–H groups in total. The Bertz CT molecular complexity index is 628. The molecule has 2 aromatic carbocycles. The molecular weight excluding hydrogens is 300 g/mol. The summed E-state index contributed by atoms with van der Waals surface area (Å²) in [5.74, 6) is -0.197. The molecule has 2 aromatic rings. The quantitative estimate of drug-likeness (QED) is 0.811. The number of benzene rings is 2. The minimum Gasteiger partial charge on any atom is -0.378 e. The molecule has 20 heavy (non-hydrogen) atoms. The Hall–Kier alpha value is -1.26. The van der Waals surface area contributed by atoms with E-state index in [0.29, 0.717) is 10.7 Å². The Balaban J connectivity index is 1.91. The minimum absolute atomic E-state index is 0.0196. The van der Waals surface area contributed by atoms with Gasteiger partial charge in [-0.05, 0) is 42.3 Å². The second-order valence-corrected chi connectivity index (χ2v) is 6.25. The average Bonchev–Trinajstić information content (AvgIpc) is 2.38. The van der Waals surface area contributed by atoms with Crippen molar-refractivity contribution in [2.24, 2.45) is 0 Å². The molecule has 1 nitrogen and oxygen atoms in total. The summed E-state index contributed by atoms with van der Waals surface area (Å²) in [6.45, 7) is 0. The zero-order valence-corrected chi connectivity index (χ0v) is 12.1. The van der Waals surface area contributed by atoms with Crippen LogP contribution in [0.25, 0.3) is 0 Å². The first-order valence-electron chi connectivity index (χ1n) is 6.27. The molecule has 0 aliphatic carbocycles. The highest BCUT2D eigenvalue weighted by molar-refractivity contribution is 7.99. The van der Waals surface area contributed by atoms with Gasteiger partial charge in [0.25, 0.3) is 0 Å². The van der Waals surface area contributed by atoms with Crippen LogP contribution in [-0.2, 0) is 0 Å². The lowest BCUT2D eigenvalue weighted by molar-refractivity contribution is 0.583. The molecule has 5 heteroatoms. The molecule has 1 aliphatic heterocycles. The van der Waals surface area contributed by atoms with Crippen molar-refractivity contribution in [3.05, 3.63) is 58.6 Å². The summed E-state index contributed by atoms with van der Waals surface area (Å²) in [5.41, 5.74) is 1.53. The van der Waals surface area contributed by atoms with Gasteiger partial charge in [-0.1, -0.05) is 11.6 Å². The third-order valence-electron chi connectivity index (χ3n) is 3.21. The van der Waals surface area contributed by atoms with Crippen LogP contribution >= 0.6 is 23.4 Å². The van der Waals surface area contributed by atoms with E-state index in [1.165, 1.54) is 12.1 Å². The van der Waals surface area contributed by atoms with Crippen molar-refractivity contribution < 1.29 is 8.78 Å². The summed E-state index contributed by atoms with van der Waals surface area (Å²) in [6.07, 6.45) is 0.885. The van der Waals surface area contributed by atoms with Crippen LogP contribution in [0.2, 0.25) is 5.02 Å². The van der Waals surface area contributed by atoms with Gasteiger partial charge in [-0.2, -0.15) is 0 Å². The van der Waals surface area contributed by atoms with Crippen LogP contribution in [0.4, 0.5) is 14.5 Å². The fourth-order valence-corrected chi connectivity index (χ4v) is 3.64. The maximum atomic E-state index is 13.2. The Kier molecular flexibility index (Phi) is 3.85. The van der Waals surface area contributed by atoms with Crippen molar-refractivity contribution in [3.63, 3.8) is 0 Å². The zero-order chi connectivity index (χ0) is 14.1. The van der Waals surface area contributed by atoms with Gasteiger partial charge in [0.15, 0.2) is 0 Å². The molecule has 1 unspecified atom stereocenters. The van der Waals surface area contributed by atoms with Gasteiger partial charge in [0.2, 0.25) is 0 Å². The van der Waals surface area contributed by atoms with Gasteiger partial charge in [0.05, 0.1) is 6.04 Å². The average molecular weight is 312 g/mol. The molecule has 104 valence electrons. The largest absolute Gasteiger partial charge is 0.378 e. The monoisotopic (exact) mass is 311 g/mol. The Morgan fingerprint density at radius 3 is 2.60 bits per heavy atom. The van der Waals surface area contributed by atoms with Crippen molar-refractivity contribution in [1.29, 1.82) is 0 Å². The van der Waals surface area contributed by atoms with Crippen molar-refractivity contribution in [3.8, 4) is 0 Å². The predicted octanol–water partition coefficient (Wildman–Crippen LogP) is 5.27. The van der Waals surface area contributed by atoms with E-state index in [2.05, 4.69) is 5.32 Å². The van der Waals surface area contributed by atoms with Gasteiger partial charge in [0.1, 0.15) is 11.6 Å². The maximum absolute atomic E-state index is 13.2. The van der Waals surface area contributed by atoms with Gasteiger partial charge < -0.3 is 5.32 Å². The first-order valence-corrected chi connectivity index (χ1v) is 7.63. The zero-order valence-electron chi connectivity index (χ0n) is 10.5. The van der Waals surface area contributed by atoms with Gasteiger partial charge in [-0.15, -0.1) is 11.8 Å². The third kappa shape index (κ3) is 2.91. The van der Waals surface area contributed by atoms with Crippen LogP contribution in [0.5, 0.6) is 0 Å². The number of rotatable bonds is 2. The Labute approximate surface area is 125 Å². The number of hydrogen-bond acceptors (Lipinski definition) is 2. The van der Waals surface area contributed by atoms with E-state index in [1.807, 2.05) is 18.2 Å². The topological polar surface area (TPSA) is 12.0 Å². The van der Waals surface area contributed by atoms with Gasteiger partial charge in [-0.3, -0.25) is 0 Å². The SMILES string of the molecule is Fc1cc(F)cc(NC2CCSc3ccc(Cl)cc32)c1. The molecule has 1 aliphatic rings. The number of nitrogens with one attached hydrogen (secondary N) is 1. The van der Waals surface area contributed by atoms with Crippen LogP contribution in [0.15, 0.2) is 41.3 Å². The van der Waals surface area contributed by atoms with E-state index in [9.17, 15) is 8.78 Å². The molecule has 0 saturated carbocycles. The highest BCUT2D eigenvalue weighted by atomic mass is 35.5. The number of hydrogen-bond donors (Lipinski definition) is 1. The van der Waals surface area contributed by atoms with Crippen LogP contribution in [-0.4, -0.2) is 5.75 Å². The summed E-state index contributed by atoms with van der Waals surface area (Å²) in [5, 5.41) is 3.86. The highest BCUT2D eigenvalue weighted by Gasteiger charge is 2.21. The summed E-state index contributed by atoms with van der Waals surface area (Å²) < 4.78 is 26.5. The van der Waals surface area contributed by atoms with Gasteiger partial charge in [0, 0.05) is 27.4 Å². The van der Waals surface area contributed by atoms with E-state index in [0.717, 1.165) is 28.7 Å². The number of thioether (sulfide) groups is 1. The molecule has 0 radical (unpaired) electrons. The van der Waals surface area contributed by atoms with Crippen molar-refractivity contribution >= 4 is 29.1 Å². The number of anilines is 1. The molecule has 3 rings (SSSR count). The van der Waals surface area contributed by atoms with Crippen molar-refractivity contribution in [1.82, 2.24) is 0 Å². The lowest BCUT2D eigenvalue weighted by Gasteiger charge is -2.27. The number of halogens is 3. The Morgan fingerprint density at radius 1 is 1.10 bits per heavy atom. The molecule has 0 saturated heterocycles. The van der Waals surface area contributed by atoms with E-state index < -0.39 is 11.6 Å². The smallest absolute Gasteiger partial charge is 0.128 e. The summed E-state index contributed by atoms with van der Waals surface area (Å²) in [7, 11) is 0. The molecular formula is C15H12ClF2NS. The first kappa shape index (κ1) is 13.7. The second kappa shape index (κ2) is 5.62. The first-order chi connectivity index (χ1) is 9.61. The number of fused-ring (bicyclic) bond motifs is 1. The normalized spacial score (nSPS) is 17.6. The molecule has 0 amide bonds. The van der Waals surface area contributed by atoms with Crippen LogP contribution in [0.3, 0.4) is 0 Å². The van der Waals surface area contributed by atoms with E-state index >= 15 is 0 Å². The summed E-state index contributed by atoms with van der Waals surface area (Å²) in [4.78, 5) is 1.16. The summed E-state index contributed by atoms with van der Waals surface area (Å²) in [6, 6.07) is 9.25. The lowest BCUT2D eigenvalue weighted by Crippen LogP contribution is -2.16. The van der Waals surface area contributed by atoms with E-state index in [-0.39, 0.29) is 6.04 Å². The third-order valence-corrected chi connectivity index (χ3v) is 4.57. The minimum atomic E-state index is -0.580.